The number of nitrogens with one attached hydrogen (secondary N) is 2. The standard InChI is InChI=1S/C20H32N2O.ClH/c1-4-5-6-16-7-9-17(10-8-16)19(15(2)3)22-20(23)18-11-13-21-14-12-18;/h7-10,15,18-19,21H,4-6,11-14H2,1-3H3,(H,22,23);1H. The van der Waals surface area contributed by atoms with Gasteiger partial charge in [0.1, 0.15) is 0 Å². The smallest absolute Gasteiger partial charge is 0.223 e. The lowest BCUT2D eigenvalue weighted by atomic mass is 9.92. The number of carbonyl (C=O) groups excluding carboxylic acids is 1. The Morgan fingerprint density at radius 2 is 1.83 bits per heavy atom. The van der Waals surface area contributed by atoms with Gasteiger partial charge in [-0.05, 0) is 55.8 Å². The van der Waals surface area contributed by atoms with Crippen molar-refractivity contribution < 1.29 is 4.79 Å². The van der Waals surface area contributed by atoms with Gasteiger partial charge in [0.25, 0.3) is 0 Å². The van der Waals surface area contributed by atoms with E-state index in [1.54, 1.807) is 0 Å². The summed E-state index contributed by atoms with van der Waals surface area (Å²) in [6, 6.07) is 8.93. The van der Waals surface area contributed by atoms with Crippen LogP contribution >= 0.6 is 12.4 Å². The predicted octanol–water partition coefficient (Wildman–Crippen LogP) is 4.26. The average Bonchev–Trinajstić information content (AvgIpc) is 2.58. The molecule has 0 saturated carbocycles. The molecule has 24 heavy (non-hydrogen) atoms. The molecule has 1 fully saturated rings. The molecule has 1 aliphatic heterocycles. The van der Waals surface area contributed by atoms with Crippen molar-refractivity contribution in [2.75, 3.05) is 13.1 Å². The number of amides is 1. The zero-order chi connectivity index (χ0) is 16.7. The van der Waals surface area contributed by atoms with Gasteiger partial charge in [-0.25, -0.2) is 0 Å². The number of unbranched alkanes of at least 4 members (excludes halogenated alkanes) is 1. The van der Waals surface area contributed by atoms with Crippen molar-refractivity contribution in [1.82, 2.24) is 10.6 Å². The van der Waals surface area contributed by atoms with Gasteiger partial charge in [-0.15, -0.1) is 12.4 Å². The van der Waals surface area contributed by atoms with Crippen LogP contribution in [0.2, 0.25) is 0 Å². The van der Waals surface area contributed by atoms with Crippen molar-refractivity contribution in [1.29, 1.82) is 0 Å². The minimum absolute atomic E-state index is 0. The summed E-state index contributed by atoms with van der Waals surface area (Å²) in [6.07, 6.45) is 5.51. The molecule has 1 aromatic rings. The summed E-state index contributed by atoms with van der Waals surface area (Å²) in [4.78, 5) is 12.6. The van der Waals surface area contributed by atoms with Crippen molar-refractivity contribution >= 4 is 18.3 Å². The lowest BCUT2D eigenvalue weighted by Crippen LogP contribution is -2.40. The molecule has 1 atom stereocenters. The fourth-order valence-corrected chi connectivity index (χ4v) is 3.26. The summed E-state index contributed by atoms with van der Waals surface area (Å²) in [7, 11) is 0. The van der Waals surface area contributed by atoms with Gasteiger partial charge in [-0.2, -0.15) is 0 Å². The van der Waals surface area contributed by atoms with Crippen LogP contribution in [0, 0.1) is 11.8 Å². The third-order valence-electron chi connectivity index (χ3n) is 4.83. The fraction of sp³-hybridized carbons (Fsp3) is 0.650. The second-order valence-electron chi connectivity index (χ2n) is 7.10. The summed E-state index contributed by atoms with van der Waals surface area (Å²) < 4.78 is 0. The lowest BCUT2D eigenvalue weighted by Gasteiger charge is -2.28. The number of rotatable bonds is 7. The first-order valence-electron chi connectivity index (χ1n) is 9.21. The second-order valence-corrected chi connectivity index (χ2v) is 7.10. The van der Waals surface area contributed by atoms with E-state index < -0.39 is 0 Å². The topological polar surface area (TPSA) is 41.1 Å². The van der Waals surface area contributed by atoms with Crippen molar-refractivity contribution in [2.45, 2.75) is 58.9 Å². The molecule has 0 aliphatic carbocycles. The van der Waals surface area contributed by atoms with Crippen molar-refractivity contribution in [3.05, 3.63) is 35.4 Å². The Labute approximate surface area is 153 Å². The molecule has 2 N–H and O–H groups in total. The van der Waals surface area contributed by atoms with E-state index >= 15 is 0 Å². The monoisotopic (exact) mass is 352 g/mol. The molecular weight excluding hydrogens is 320 g/mol. The highest BCUT2D eigenvalue weighted by Gasteiger charge is 2.25. The number of piperidine rings is 1. The number of halogens is 1. The Bertz CT molecular complexity index is 481. The summed E-state index contributed by atoms with van der Waals surface area (Å²) in [5, 5.41) is 6.62. The molecule has 0 bridgehead atoms. The molecule has 3 nitrogen and oxygen atoms in total. The molecule has 1 heterocycles. The van der Waals surface area contributed by atoms with Gasteiger partial charge >= 0.3 is 0 Å². The summed E-state index contributed by atoms with van der Waals surface area (Å²) in [6.45, 7) is 8.49. The highest BCUT2D eigenvalue weighted by molar-refractivity contribution is 5.85. The van der Waals surface area contributed by atoms with Crippen LogP contribution in [-0.4, -0.2) is 19.0 Å². The third kappa shape index (κ3) is 6.10. The first-order chi connectivity index (χ1) is 11.1. The Balaban J connectivity index is 0.00000288. The SMILES string of the molecule is CCCCc1ccc(C(NC(=O)C2CCNCC2)C(C)C)cc1.Cl. The van der Waals surface area contributed by atoms with Gasteiger partial charge in [0.15, 0.2) is 0 Å². The molecule has 4 heteroatoms. The van der Waals surface area contributed by atoms with Crippen LogP contribution in [0.1, 0.15) is 63.6 Å². The molecule has 1 amide bonds. The molecule has 0 radical (unpaired) electrons. The Hall–Kier alpha value is -1.06. The van der Waals surface area contributed by atoms with Crippen LogP contribution in [0.25, 0.3) is 0 Å². The van der Waals surface area contributed by atoms with Gasteiger partial charge in [-0.1, -0.05) is 51.5 Å². The molecule has 0 aromatic heterocycles. The van der Waals surface area contributed by atoms with Gasteiger partial charge in [-0.3, -0.25) is 4.79 Å². The fourth-order valence-electron chi connectivity index (χ4n) is 3.26. The molecule has 2 rings (SSSR count). The van der Waals surface area contributed by atoms with Gasteiger partial charge < -0.3 is 10.6 Å². The van der Waals surface area contributed by atoms with Crippen molar-refractivity contribution in [2.24, 2.45) is 11.8 Å². The van der Waals surface area contributed by atoms with E-state index in [0.717, 1.165) is 32.4 Å². The number of hydrogen-bond donors (Lipinski definition) is 2. The Kier molecular flexibility index (Phi) is 9.38. The van der Waals surface area contributed by atoms with E-state index in [1.807, 2.05) is 0 Å². The van der Waals surface area contributed by atoms with E-state index in [-0.39, 0.29) is 30.3 Å². The zero-order valence-electron chi connectivity index (χ0n) is 15.3. The number of carbonyl (C=O) groups is 1. The predicted molar refractivity (Wildman–Crippen MR) is 104 cm³/mol. The Morgan fingerprint density at radius 1 is 1.21 bits per heavy atom. The van der Waals surface area contributed by atoms with Crippen LogP contribution in [0.15, 0.2) is 24.3 Å². The maximum atomic E-state index is 12.6. The molecule has 1 aliphatic rings. The van der Waals surface area contributed by atoms with Crippen LogP contribution in [-0.2, 0) is 11.2 Å². The zero-order valence-corrected chi connectivity index (χ0v) is 16.1. The lowest BCUT2D eigenvalue weighted by molar-refractivity contribution is -0.126. The van der Waals surface area contributed by atoms with Crippen LogP contribution in [0.4, 0.5) is 0 Å². The largest absolute Gasteiger partial charge is 0.349 e. The highest BCUT2D eigenvalue weighted by atomic mass is 35.5. The minimum Gasteiger partial charge on any atom is -0.349 e. The molecule has 1 unspecified atom stereocenters. The van der Waals surface area contributed by atoms with Gasteiger partial charge in [0, 0.05) is 5.92 Å². The molecule has 1 saturated heterocycles. The number of aryl methyl sites for hydroxylation is 1. The second kappa shape index (κ2) is 10.7. The van der Waals surface area contributed by atoms with Crippen LogP contribution < -0.4 is 10.6 Å². The molecule has 1 aromatic carbocycles. The molecule has 0 spiro atoms. The normalized spacial score (nSPS) is 16.5. The van der Waals surface area contributed by atoms with E-state index in [0.29, 0.717) is 5.92 Å². The number of hydrogen-bond acceptors (Lipinski definition) is 2. The number of benzene rings is 1. The van der Waals surface area contributed by atoms with E-state index in [4.69, 9.17) is 0 Å². The first kappa shape index (κ1) is 21.0. The van der Waals surface area contributed by atoms with Gasteiger partial charge in [0.05, 0.1) is 6.04 Å². The summed E-state index contributed by atoms with van der Waals surface area (Å²) in [5.74, 6) is 0.781. The molecular formula is C20H33ClN2O. The average molecular weight is 353 g/mol. The molecule has 136 valence electrons. The minimum atomic E-state index is 0. The summed E-state index contributed by atoms with van der Waals surface area (Å²) >= 11 is 0. The summed E-state index contributed by atoms with van der Waals surface area (Å²) in [5.41, 5.74) is 2.62. The van der Waals surface area contributed by atoms with E-state index in [9.17, 15) is 4.79 Å². The quantitative estimate of drug-likeness (QED) is 0.769. The Morgan fingerprint density at radius 3 is 2.38 bits per heavy atom. The third-order valence-corrected chi connectivity index (χ3v) is 4.83. The van der Waals surface area contributed by atoms with E-state index in [2.05, 4.69) is 55.7 Å². The maximum Gasteiger partial charge on any atom is 0.223 e. The van der Waals surface area contributed by atoms with Crippen LogP contribution in [0.5, 0.6) is 0 Å². The van der Waals surface area contributed by atoms with E-state index in [1.165, 1.54) is 24.0 Å². The van der Waals surface area contributed by atoms with Gasteiger partial charge in [0.2, 0.25) is 5.91 Å². The highest BCUT2D eigenvalue weighted by Crippen LogP contribution is 2.24. The first-order valence-corrected chi connectivity index (χ1v) is 9.21. The maximum absolute atomic E-state index is 12.6. The van der Waals surface area contributed by atoms with Crippen LogP contribution in [0.3, 0.4) is 0 Å². The van der Waals surface area contributed by atoms with Crippen molar-refractivity contribution in [3.8, 4) is 0 Å². The van der Waals surface area contributed by atoms with Crippen molar-refractivity contribution in [3.63, 3.8) is 0 Å².